The molecule has 1 unspecified atom stereocenters. The molecular weight excluding hydrogens is 298 g/mol. The molecule has 1 aliphatic heterocycles. The van der Waals surface area contributed by atoms with Crippen LogP contribution < -0.4 is 10.6 Å². The lowest BCUT2D eigenvalue weighted by Gasteiger charge is -2.25. The predicted molar refractivity (Wildman–Crippen MR) is 79.7 cm³/mol. The summed E-state index contributed by atoms with van der Waals surface area (Å²) in [4.78, 5) is 6.48. The lowest BCUT2D eigenvalue weighted by Crippen LogP contribution is -2.25. The van der Waals surface area contributed by atoms with E-state index in [1.165, 1.54) is 19.3 Å². The fourth-order valence-electron chi connectivity index (χ4n) is 2.30. The van der Waals surface area contributed by atoms with Crippen molar-refractivity contribution in [2.75, 3.05) is 30.0 Å². The lowest BCUT2D eigenvalue weighted by atomic mass is 10.2. The van der Waals surface area contributed by atoms with Gasteiger partial charge in [0.25, 0.3) is 0 Å². The van der Waals surface area contributed by atoms with E-state index in [9.17, 15) is 0 Å². The molecule has 17 heavy (non-hydrogen) atoms. The second kappa shape index (κ2) is 5.96. The Balaban J connectivity index is 2.17. The van der Waals surface area contributed by atoms with Gasteiger partial charge in [0.2, 0.25) is 0 Å². The molecule has 2 N–H and O–H groups in total. The summed E-state index contributed by atoms with van der Waals surface area (Å²) in [6.07, 6.45) is 9.53. The van der Waals surface area contributed by atoms with Crippen molar-refractivity contribution in [1.29, 1.82) is 0 Å². The molecule has 0 bridgehead atoms. The minimum absolute atomic E-state index is 0.766. The van der Waals surface area contributed by atoms with Crippen LogP contribution in [-0.4, -0.2) is 29.6 Å². The molecule has 0 aromatic carbocycles. The lowest BCUT2D eigenvalue weighted by molar-refractivity contribution is 0.745. The number of thioether (sulfide) groups is 1. The first-order valence-electron chi connectivity index (χ1n) is 5.89. The molecule has 1 atom stereocenters. The van der Waals surface area contributed by atoms with Crippen LogP contribution >= 0.6 is 27.7 Å². The van der Waals surface area contributed by atoms with Gasteiger partial charge in [-0.15, -0.1) is 0 Å². The number of hydrogen-bond acceptors (Lipinski definition) is 4. The van der Waals surface area contributed by atoms with Crippen molar-refractivity contribution < 1.29 is 0 Å². The average molecular weight is 316 g/mol. The largest absolute Gasteiger partial charge is 0.396 e. The Hall–Kier alpha value is -0.420. The van der Waals surface area contributed by atoms with Crippen molar-refractivity contribution >= 4 is 39.1 Å². The Bertz CT molecular complexity index is 366. The summed E-state index contributed by atoms with van der Waals surface area (Å²) in [5, 5.41) is 0.793. The second-order valence-corrected chi connectivity index (χ2v) is 6.33. The quantitative estimate of drug-likeness (QED) is 0.910. The molecule has 3 nitrogen and oxygen atoms in total. The molecule has 5 heteroatoms. The van der Waals surface area contributed by atoms with Crippen LogP contribution in [0, 0.1) is 0 Å². The highest BCUT2D eigenvalue weighted by molar-refractivity contribution is 9.10. The van der Waals surface area contributed by atoms with E-state index in [4.69, 9.17) is 5.73 Å². The maximum atomic E-state index is 6.03. The van der Waals surface area contributed by atoms with Gasteiger partial charge < -0.3 is 10.6 Å². The number of nitrogens with zero attached hydrogens (tertiary/aromatic N) is 2. The van der Waals surface area contributed by atoms with Crippen LogP contribution in [0.3, 0.4) is 0 Å². The van der Waals surface area contributed by atoms with Gasteiger partial charge in [-0.2, -0.15) is 11.8 Å². The maximum Gasteiger partial charge on any atom is 0.0776 e. The predicted octanol–water partition coefficient (Wildman–Crippen LogP) is 3.15. The van der Waals surface area contributed by atoms with Crippen LogP contribution in [-0.2, 0) is 0 Å². The van der Waals surface area contributed by atoms with Crippen molar-refractivity contribution in [2.45, 2.75) is 24.5 Å². The van der Waals surface area contributed by atoms with Crippen LogP contribution in [0.4, 0.5) is 11.4 Å². The Morgan fingerprint density at radius 1 is 1.41 bits per heavy atom. The zero-order chi connectivity index (χ0) is 12.3. The van der Waals surface area contributed by atoms with Gasteiger partial charge in [0, 0.05) is 24.5 Å². The van der Waals surface area contributed by atoms with E-state index in [0.717, 1.165) is 34.2 Å². The number of hydrogen-bond donors (Lipinski definition) is 1. The van der Waals surface area contributed by atoms with Gasteiger partial charge in [-0.1, -0.05) is 0 Å². The number of aromatic nitrogens is 1. The normalized spacial score (nSPS) is 21.3. The van der Waals surface area contributed by atoms with E-state index in [0.29, 0.717) is 0 Å². The highest BCUT2D eigenvalue weighted by Gasteiger charge is 2.19. The molecule has 1 fully saturated rings. The third-order valence-electron chi connectivity index (χ3n) is 3.23. The maximum absolute atomic E-state index is 6.03. The molecule has 1 aliphatic rings. The molecule has 1 aromatic rings. The number of pyridine rings is 1. The molecular formula is C12H18BrN3S. The first kappa shape index (κ1) is 13.0. The van der Waals surface area contributed by atoms with E-state index in [2.05, 4.69) is 32.1 Å². The molecule has 2 heterocycles. The topological polar surface area (TPSA) is 42.1 Å². The van der Waals surface area contributed by atoms with Gasteiger partial charge in [-0.3, -0.25) is 4.98 Å². The zero-order valence-corrected chi connectivity index (χ0v) is 12.4. The number of nitrogens with two attached hydrogens (primary N) is 1. The van der Waals surface area contributed by atoms with E-state index in [-0.39, 0.29) is 0 Å². The fraction of sp³-hybridized carbons (Fsp3) is 0.583. The van der Waals surface area contributed by atoms with Crippen LogP contribution in [0.1, 0.15) is 19.3 Å². The highest BCUT2D eigenvalue weighted by atomic mass is 79.9. The van der Waals surface area contributed by atoms with E-state index in [1.54, 1.807) is 6.20 Å². The van der Waals surface area contributed by atoms with Crippen LogP contribution in [0.15, 0.2) is 16.9 Å². The highest BCUT2D eigenvalue weighted by Crippen LogP contribution is 2.33. The van der Waals surface area contributed by atoms with Gasteiger partial charge in [0.15, 0.2) is 0 Å². The molecule has 0 saturated carbocycles. The Kier molecular flexibility index (Phi) is 4.56. The number of rotatable bonds is 2. The van der Waals surface area contributed by atoms with E-state index < -0.39 is 0 Å². The van der Waals surface area contributed by atoms with Gasteiger partial charge in [-0.25, -0.2) is 0 Å². The Morgan fingerprint density at radius 3 is 2.94 bits per heavy atom. The molecule has 0 amide bonds. The first-order valence-corrected chi connectivity index (χ1v) is 7.97. The Morgan fingerprint density at radius 2 is 2.24 bits per heavy atom. The van der Waals surface area contributed by atoms with Crippen molar-refractivity contribution in [3.63, 3.8) is 0 Å². The van der Waals surface area contributed by atoms with Crippen LogP contribution in [0.5, 0.6) is 0 Å². The summed E-state index contributed by atoms with van der Waals surface area (Å²) in [7, 11) is 0. The molecule has 2 rings (SSSR count). The van der Waals surface area contributed by atoms with Crippen LogP contribution in [0.25, 0.3) is 0 Å². The molecule has 1 saturated heterocycles. The van der Waals surface area contributed by atoms with Crippen molar-refractivity contribution in [1.82, 2.24) is 4.98 Å². The number of nitrogen functional groups attached to an aromatic ring is 1. The van der Waals surface area contributed by atoms with Crippen molar-refractivity contribution in [2.24, 2.45) is 0 Å². The van der Waals surface area contributed by atoms with Gasteiger partial charge in [0.05, 0.1) is 22.0 Å². The summed E-state index contributed by atoms with van der Waals surface area (Å²) >= 11 is 5.53. The third-order valence-corrected chi connectivity index (χ3v) is 4.94. The molecule has 0 aliphatic carbocycles. The van der Waals surface area contributed by atoms with Gasteiger partial charge in [0.1, 0.15) is 0 Å². The summed E-state index contributed by atoms with van der Waals surface area (Å²) in [6, 6.07) is 0. The molecule has 0 spiro atoms. The second-order valence-electron chi connectivity index (χ2n) is 4.33. The van der Waals surface area contributed by atoms with E-state index >= 15 is 0 Å². The minimum Gasteiger partial charge on any atom is -0.396 e. The number of anilines is 2. The molecule has 1 aromatic heterocycles. The Labute approximate surface area is 115 Å². The summed E-state index contributed by atoms with van der Waals surface area (Å²) < 4.78 is 1.00. The molecule has 94 valence electrons. The van der Waals surface area contributed by atoms with Gasteiger partial charge in [-0.05, 0) is 41.4 Å². The van der Waals surface area contributed by atoms with Crippen molar-refractivity contribution in [3.8, 4) is 0 Å². The zero-order valence-electron chi connectivity index (χ0n) is 10.0. The van der Waals surface area contributed by atoms with E-state index in [1.807, 2.05) is 18.0 Å². The first-order chi connectivity index (χ1) is 8.22. The fourth-order valence-corrected chi connectivity index (χ4v) is 3.64. The third kappa shape index (κ3) is 3.07. The standard InChI is InChI=1S/C12H18BrN3S/c1-17-9-3-2-5-16(6-4-9)12-10(13)7-15-8-11(12)14/h7-9H,2-6,14H2,1H3. The average Bonchev–Trinajstić information content (AvgIpc) is 2.54. The van der Waals surface area contributed by atoms with Gasteiger partial charge >= 0.3 is 0 Å². The summed E-state index contributed by atoms with van der Waals surface area (Å²) in [6.45, 7) is 2.17. The van der Waals surface area contributed by atoms with Crippen molar-refractivity contribution in [3.05, 3.63) is 16.9 Å². The minimum atomic E-state index is 0.766. The van der Waals surface area contributed by atoms with Crippen LogP contribution in [0.2, 0.25) is 0 Å². The smallest absolute Gasteiger partial charge is 0.0776 e. The monoisotopic (exact) mass is 315 g/mol. The SMILES string of the molecule is CSC1CCCN(c2c(N)cncc2Br)CC1. The summed E-state index contributed by atoms with van der Waals surface area (Å²) in [5.41, 5.74) is 7.91. The summed E-state index contributed by atoms with van der Waals surface area (Å²) in [5.74, 6) is 0. The molecule has 0 radical (unpaired) electrons. The number of halogens is 1.